The second kappa shape index (κ2) is 11.0. The zero-order valence-electron chi connectivity index (χ0n) is 9.96. The Bertz CT molecular complexity index is 207. The molecular formula is C13H23NO. The Morgan fingerprint density at radius 3 is 2.40 bits per heavy atom. The van der Waals surface area contributed by atoms with Gasteiger partial charge in [0.2, 0.25) is 5.91 Å². The zero-order valence-corrected chi connectivity index (χ0v) is 9.96. The molecule has 86 valence electrons. The van der Waals surface area contributed by atoms with Crippen molar-refractivity contribution in [2.45, 2.75) is 45.4 Å². The highest BCUT2D eigenvalue weighted by molar-refractivity contribution is 5.87. The zero-order chi connectivity index (χ0) is 11.4. The fourth-order valence-corrected chi connectivity index (χ4v) is 1.21. The minimum absolute atomic E-state index is 0.0260. The van der Waals surface area contributed by atoms with Crippen LogP contribution in [0.3, 0.4) is 0 Å². The summed E-state index contributed by atoms with van der Waals surface area (Å²) < 4.78 is 0. The van der Waals surface area contributed by atoms with E-state index in [0.29, 0.717) is 0 Å². The number of hydrogen-bond donors (Lipinski definition) is 1. The molecule has 0 radical (unpaired) electrons. The SMILES string of the molecule is CCCCCC=CCCC=CC(=O)NC. The molecule has 0 aromatic carbocycles. The Hall–Kier alpha value is -1.05. The summed E-state index contributed by atoms with van der Waals surface area (Å²) >= 11 is 0. The van der Waals surface area contributed by atoms with E-state index < -0.39 is 0 Å². The molecule has 0 aromatic heterocycles. The first-order chi connectivity index (χ1) is 7.31. The maximum atomic E-state index is 10.8. The molecule has 0 unspecified atom stereocenters. The van der Waals surface area contributed by atoms with Crippen LogP contribution in [0.5, 0.6) is 0 Å². The van der Waals surface area contributed by atoms with E-state index in [-0.39, 0.29) is 5.91 Å². The number of hydrogen-bond acceptors (Lipinski definition) is 1. The van der Waals surface area contributed by atoms with Crippen molar-refractivity contribution in [2.75, 3.05) is 7.05 Å². The van der Waals surface area contributed by atoms with Crippen molar-refractivity contribution >= 4 is 5.91 Å². The second-order valence-electron chi connectivity index (χ2n) is 3.56. The first-order valence-corrected chi connectivity index (χ1v) is 5.84. The highest BCUT2D eigenvalue weighted by Gasteiger charge is 1.86. The van der Waals surface area contributed by atoms with Gasteiger partial charge in [0.25, 0.3) is 0 Å². The molecule has 2 nitrogen and oxygen atoms in total. The summed E-state index contributed by atoms with van der Waals surface area (Å²) in [6, 6.07) is 0. The molecule has 0 aromatic rings. The molecule has 0 heterocycles. The monoisotopic (exact) mass is 209 g/mol. The third kappa shape index (κ3) is 10.9. The number of rotatable bonds is 8. The molecule has 1 N–H and O–H groups in total. The van der Waals surface area contributed by atoms with Crippen LogP contribution in [0.15, 0.2) is 24.3 Å². The summed E-state index contributed by atoms with van der Waals surface area (Å²) in [5.74, 6) is -0.0260. The van der Waals surface area contributed by atoms with Crippen molar-refractivity contribution < 1.29 is 4.79 Å². The van der Waals surface area contributed by atoms with Crippen LogP contribution in [0.1, 0.15) is 45.4 Å². The van der Waals surface area contributed by atoms with Crippen molar-refractivity contribution in [3.8, 4) is 0 Å². The number of carbonyl (C=O) groups is 1. The van der Waals surface area contributed by atoms with Gasteiger partial charge in [-0.2, -0.15) is 0 Å². The molecule has 1 amide bonds. The average Bonchev–Trinajstić information content (AvgIpc) is 2.26. The summed E-state index contributed by atoms with van der Waals surface area (Å²) in [5.41, 5.74) is 0. The van der Waals surface area contributed by atoms with Gasteiger partial charge >= 0.3 is 0 Å². The van der Waals surface area contributed by atoms with Gasteiger partial charge in [0, 0.05) is 7.05 Å². The summed E-state index contributed by atoms with van der Waals surface area (Å²) in [6.07, 6.45) is 15.0. The topological polar surface area (TPSA) is 29.1 Å². The highest BCUT2D eigenvalue weighted by Crippen LogP contribution is 2.01. The third-order valence-corrected chi connectivity index (χ3v) is 2.16. The number of nitrogens with one attached hydrogen (secondary N) is 1. The van der Waals surface area contributed by atoms with E-state index >= 15 is 0 Å². The van der Waals surface area contributed by atoms with Crippen LogP contribution in [0.25, 0.3) is 0 Å². The molecule has 0 aliphatic rings. The Labute approximate surface area is 93.5 Å². The lowest BCUT2D eigenvalue weighted by Crippen LogP contribution is -2.13. The van der Waals surface area contributed by atoms with Crippen LogP contribution in [0.4, 0.5) is 0 Å². The van der Waals surface area contributed by atoms with Gasteiger partial charge < -0.3 is 5.32 Å². The Morgan fingerprint density at radius 2 is 1.73 bits per heavy atom. The van der Waals surface area contributed by atoms with Gasteiger partial charge in [-0.25, -0.2) is 0 Å². The van der Waals surface area contributed by atoms with Crippen LogP contribution in [0.2, 0.25) is 0 Å². The lowest BCUT2D eigenvalue weighted by Gasteiger charge is -1.92. The fourth-order valence-electron chi connectivity index (χ4n) is 1.21. The molecule has 0 spiro atoms. The molecule has 2 heteroatoms. The van der Waals surface area contributed by atoms with Crippen molar-refractivity contribution in [1.29, 1.82) is 0 Å². The molecule has 15 heavy (non-hydrogen) atoms. The molecular weight excluding hydrogens is 186 g/mol. The van der Waals surface area contributed by atoms with E-state index in [9.17, 15) is 4.79 Å². The van der Waals surface area contributed by atoms with Crippen molar-refractivity contribution in [2.24, 2.45) is 0 Å². The predicted octanol–water partition coefficient (Wildman–Crippen LogP) is 3.21. The van der Waals surface area contributed by atoms with Crippen LogP contribution in [-0.2, 0) is 4.79 Å². The van der Waals surface area contributed by atoms with Crippen molar-refractivity contribution in [1.82, 2.24) is 5.32 Å². The van der Waals surface area contributed by atoms with Gasteiger partial charge in [-0.3, -0.25) is 4.79 Å². The summed E-state index contributed by atoms with van der Waals surface area (Å²) in [6.45, 7) is 2.22. The minimum atomic E-state index is -0.0260. The van der Waals surface area contributed by atoms with E-state index in [2.05, 4.69) is 24.4 Å². The maximum Gasteiger partial charge on any atom is 0.243 e. The number of unbranched alkanes of at least 4 members (excludes halogenated alkanes) is 4. The van der Waals surface area contributed by atoms with Crippen LogP contribution in [-0.4, -0.2) is 13.0 Å². The smallest absolute Gasteiger partial charge is 0.243 e. The van der Waals surface area contributed by atoms with Gasteiger partial charge in [-0.1, -0.05) is 38.0 Å². The van der Waals surface area contributed by atoms with Gasteiger partial charge in [0.15, 0.2) is 0 Å². The Morgan fingerprint density at radius 1 is 1.07 bits per heavy atom. The first kappa shape index (κ1) is 13.9. The predicted molar refractivity (Wildman–Crippen MR) is 65.7 cm³/mol. The first-order valence-electron chi connectivity index (χ1n) is 5.84. The van der Waals surface area contributed by atoms with E-state index in [1.54, 1.807) is 13.1 Å². The van der Waals surface area contributed by atoms with Gasteiger partial charge in [-0.05, 0) is 31.8 Å². The third-order valence-electron chi connectivity index (χ3n) is 2.16. The lowest BCUT2D eigenvalue weighted by molar-refractivity contribution is -0.116. The number of carbonyl (C=O) groups excluding carboxylic acids is 1. The summed E-state index contributed by atoms with van der Waals surface area (Å²) in [4.78, 5) is 10.8. The van der Waals surface area contributed by atoms with Gasteiger partial charge in [-0.15, -0.1) is 0 Å². The lowest BCUT2D eigenvalue weighted by atomic mass is 10.2. The molecule has 0 saturated heterocycles. The molecule has 0 aliphatic carbocycles. The fraction of sp³-hybridized carbons (Fsp3) is 0.615. The van der Waals surface area contributed by atoms with Crippen LogP contribution < -0.4 is 5.32 Å². The van der Waals surface area contributed by atoms with Crippen molar-refractivity contribution in [3.63, 3.8) is 0 Å². The highest BCUT2D eigenvalue weighted by atomic mass is 16.1. The molecule has 0 aliphatic heterocycles. The van der Waals surface area contributed by atoms with E-state index in [1.807, 2.05) is 6.08 Å². The standard InChI is InChI=1S/C13H23NO/c1-3-4-5-6-7-8-9-10-11-12-13(15)14-2/h7-8,11-12H,3-6,9-10H2,1-2H3,(H,14,15). The Kier molecular flexibility index (Phi) is 10.3. The maximum absolute atomic E-state index is 10.8. The Balaban J connectivity index is 3.30. The largest absolute Gasteiger partial charge is 0.356 e. The minimum Gasteiger partial charge on any atom is -0.356 e. The van der Waals surface area contributed by atoms with Crippen LogP contribution in [0, 0.1) is 0 Å². The van der Waals surface area contributed by atoms with Crippen LogP contribution >= 0.6 is 0 Å². The normalized spacial score (nSPS) is 11.3. The molecule has 0 bridgehead atoms. The van der Waals surface area contributed by atoms with Crippen molar-refractivity contribution in [3.05, 3.63) is 24.3 Å². The number of likely N-dealkylation sites (N-methyl/N-ethyl adjacent to an activating group) is 1. The summed E-state index contributed by atoms with van der Waals surface area (Å²) in [7, 11) is 1.64. The number of amides is 1. The van der Waals surface area contributed by atoms with E-state index in [1.165, 1.54) is 25.7 Å². The van der Waals surface area contributed by atoms with Gasteiger partial charge in [0.1, 0.15) is 0 Å². The molecule has 0 fully saturated rings. The molecule has 0 atom stereocenters. The number of allylic oxidation sites excluding steroid dienone is 3. The quantitative estimate of drug-likeness (QED) is 0.371. The van der Waals surface area contributed by atoms with E-state index in [4.69, 9.17) is 0 Å². The summed E-state index contributed by atoms with van der Waals surface area (Å²) in [5, 5.41) is 2.55. The second-order valence-corrected chi connectivity index (χ2v) is 3.56. The molecule has 0 saturated carbocycles. The van der Waals surface area contributed by atoms with E-state index in [0.717, 1.165) is 12.8 Å². The average molecular weight is 209 g/mol. The van der Waals surface area contributed by atoms with Gasteiger partial charge in [0.05, 0.1) is 0 Å². The molecule has 0 rings (SSSR count).